The summed E-state index contributed by atoms with van der Waals surface area (Å²) < 4.78 is 12.1. The van der Waals surface area contributed by atoms with E-state index < -0.39 is 0 Å². The molecule has 0 spiro atoms. The first-order chi connectivity index (χ1) is 20.4. The zero-order chi connectivity index (χ0) is 29.2. The highest BCUT2D eigenvalue weighted by Gasteiger charge is 2.35. The van der Waals surface area contributed by atoms with Crippen LogP contribution in [0, 0.1) is 13.5 Å². The first-order valence-corrected chi connectivity index (χ1v) is 14.7. The summed E-state index contributed by atoms with van der Waals surface area (Å²) in [7, 11) is 0. The zero-order valence-corrected chi connectivity index (χ0v) is 24.3. The first kappa shape index (κ1) is 27.9. The number of nitrogens with zero attached hydrogens (tertiary/aromatic N) is 7. The van der Waals surface area contributed by atoms with Gasteiger partial charge in [-0.25, -0.2) is 6.57 Å². The molecule has 42 heavy (non-hydrogen) atoms. The van der Waals surface area contributed by atoms with Crippen LogP contribution < -0.4 is 14.5 Å². The van der Waals surface area contributed by atoms with Crippen molar-refractivity contribution >= 4 is 28.2 Å². The Morgan fingerprint density at radius 3 is 2.86 bits per heavy atom. The fourth-order valence-corrected chi connectivity index (χ4v) is 6.04. The Morgan fingerprint density at radius 2 is 2.07 bits per heavy atom. The third kappa shape index (κ3) is 5.74. The largest absolute Gasteiger partial charge is 0.461 e. The summed E-state index contributed by atoms with van der Waals surface area (Å²) in [5, 5.41) is 2.32. The Labute approximate surface area is 246 Å². The van der Waals surface area contributed by atoms with Crippen LogP contribution in [0.3, 0.4) is 0 Å². The number of hydrogen-bond acceptors (Lipinski definition) is 8. The molecular formula is C32H37N7O3. The van der Waals surface area contributed by atoms with Crippen LogP contribution >= 0.6 is 0 Å². The van der Waals surface area contributed by atoms with Crippen LogP contribution in [-0.2, 0) is 22.5 Å². The first-order valence-electron chi connectivity index (χ1n) is 14.7. The molecule has 2 atom stereocenters. The van der Waals surface area contributed by atoms with Gasteiger partial charge in [0.2, 0.25) is 12.5 Å². The predicted molar refractivity (Wildman–Crippen MR) is 162 cm³/mol. The Morgan fingerprint density at radius 1 is 1.21 bits per heavy atom. The van der Waals surface area contributed by atoms with Crippen LogP contribution in [0.1, 0.15) is 36.6 Å². The molecule has 4 heterocycles. The van der Waals surface area contributed by atoms with Gasteiger partial charge in [0, 0.05) is 48.7 Å². The van der Waals surface area contributed by atoms with E-state index in [9.17, 15) is 4.79 Å². The summed E-state index contributed by atoms with van der Waals surface area (Å²) in [5.41, 5.74) is 4.33. The monoisotopic (exact) mass is 567 g/mol. The molecule has 3 aliphatic rings. The number of piperazine rings is 1. The molecule has 218 valence electrons. The summed E-state index contributed by atoms with van der Waals surface area (Å²) in [6.07, 6.45) is 8.44. The van der Waals surface area contributed by atoms with Gasteiger partial charge in [0.05, 0.1) is 36.3 Å². The maximum Gasteiger partial charge on any atom is 0.318 e. The standard InChI is InChI=1S/C32H37N7O3/c1-5-29(40)39-14-13-38(18-24(39)16-33-4)31-26-11-12-37(28-17-34-15-23-8-6-7-21(2)30(23)28)19-27(26)35-32(36-31)41-20-22(3)42-25-9-10-25/h5-8,15,17,22,24-25H,1,9-14,16,18-20H2,2-3H3/t22-,24+/m1/s1. The fourth-order valence-electron chi connectivity index (χ4n) is 6.04. The summed E-state index contributed by atoms with van der Waals surface area (Å²) in [6, 6.07) is 6.39. The second kappa shape index (κ2) is 11.9. The Hall–Kier alpha value is -4.23. The van der Waals surface area contributed by atoms with Crippen molar-refractivity contribution in [2.24, 2.45) is 0 Å². The van der Waals surface area contributed by atoms with E-state index in [0.29, 0.717) is 44.9 Å². The predicted octanol–water partition coefficient (Wildman–Crippen LogP) is 3.96. The molecule has 3 aromatic rings. The number of anilines is 2. The van der Waals surface area contributed by atoms with Crippen molar-refractivity contribution in [3.63, 3.8) is 0 Å². The van der Waals surface area contributed by atoms with E-state index >= 15 is 0 Å². The van der Waals surface area contributed by atoms with Crippen LogP contribution in [0.25, 0.3) is 15.6 Å². The maximum atomic E-state index is 12.5. The highest BCUT2D eigenvalue weighted by atomic mass is 16.5. The van der Waals surface area contributed by atoms with Gasteiger partial charge >= 0.3 is 6.01 Å². The minimum absolute atomic E-state index is 0.0571. The van der Waals surface area contributed by atoms with Crippen molar-refractivity contribution in [1.82, 2.24) is 19.9 Å². The van der Waals surface area contributed by atoms with Crippen LogP contribution in [0.15, 0.2) is 43.2 Å². The summed E-state index contributed by atoms with van der Waals surface area (Å²) in [5.74, 6) is 0.689. The second-order valence-electron chi connectivity index (χ2n) is 11.4. The van der Waals surface area contributed by atoms with Gasteiger partial charge in [-0.2, -0.15) is 9.97 Å². The number of rotatable bonds is 9. The van der Waals surface area contributed by atoms with E-state index in [0.717, 1.165) is 54.0 Å². The number of benzene rings is 1. The van der Waals surface area contributed by atoms with E-state index in [-0.39, 0.29) is 24.6 Å². The minimum atomic E-state index is -0.242. The molecule has 10 heteroatoms. The molecule has 0 N–H and O–H groups in total. The van der Waals surface area contributed by atoms with E-state index in [2.05, 4.69) is 51.3 Å². The van der Waals surface area contributed by atoms with Crippen molar-refractivity contribution in [2.45, 2.75) is 57.9 Å². The van der Waals surface area contributed by atoms with E-state index in [1.807, 2.05) is 19.3 Å². The SMILES string of the molecule is [C-]#[N+]C[C@H]1CN(c2nc(OC[C@@H](C)OC3CC3)nc3c2CCN(c2cncc4cccc(C)c24)C3)CCN1C(=O)C=C. The van der Waals surface area contributed by atoms with Crippen LogP contribution in [-0.4, -0.2) is 83.3 Å². The van der Waals surface area contributed by atoms with Gasteiger partial charge in [0.1, 0.15) is 18.5 Å². The molecule has 0 radical (unpaired) electrons. The fraction of sp³-hybridized carbons (Fsp3) is 0.469. The minimum Gasteiger partial charge on any atom is -0.461 e. The second-order valence-corrected chi connectivity index (χ2v) is 11.4. The molecule has 0 unspecified atom stereocenters. The van der Waals surface area contributed by atoms with Gasteiger partial charge in [-0.1, -0.05) is 24.8 Å². The molecule has 10 nitrogen and oxygen atoms in total. The van der Waals surface area contributed by atoms with E-state index in [4.69, 9.17) is 26.0 Å². The quantitative estimate of drug-likeness (QED) is 0.284. The molecule has 2 aromatic heterocycles. The number of aromatic nitrogens is 3. The van der Waals surface area contributed by atoms with Gasteiger partial charge in [-0.15, -0.1) is 0 Å². The van der Waals surface area contributed by atoms with E-state index in [1.165, 1.54) is 17.0 Å². The number of ether oxygens (including phenoxy) is 2. The Balaban J connectivity index is 1.32. The zero-order valence-electron chi connectivity index (χ0n) is 24.3. The van der Waals surface area contributed by atoms with Crippen molar-refractivity contribution in [1.29, 1.82) is 0 Å². The van der Waals surface area contributed by atoms with Crippen LogP contribution in [0.5, 0.6) is 6.01 Å². The van der Waals surface area contributed by atoms with Crippen LogP contribution in [0.4, 0.5) is 11.5 Å². The molecule has 1 aromatic carbocycles. The average Bonchev–Trinajstić information content (AvgIpc) is 3.83. The molecule has 6 rings (SSSR count). The summed E-state index contributed by atoms with van der Waals surface area (Å²) >= 11 is 0. The summed E-state index contributed by atoms with van der Waals surface area (Å²) in [6.45, 7) is 18.9. The van der Waals surface area contributed by atoms with Crippen molar-refractivity contribution in [3.8, 4) is 6.01 Å². The molecule has 1 saturated carbocycles. The van der Waals surface area contributed by atoms with Crippen molar-refractivity contribution in [2.75, 3.05) is 49.1 Å². The number of carbonyl (C=O) groups is 1. The number of hydrogen-bond donors (Lipinski definition) is 0. The normalized spacial score (nSPS) is 19.3. The van der Waals surface area contributed by atoms with E-state index in [1.54, 1.807) is 4.90 Å². The van der Waals surface area contributed by atoms with Gasteiger partial charge in [-0.05, 0) is 44.7 Å². The van der Waals surface area contributed by atoms with Crippen molar-refractivity contribution < 1.29 is 14.3 Å². The van der Waals surface area contributed by atoms with Gasteiger partial charge < -0.3 is 29.0 Å². The van der Waals surface area contributed by atoms with Gasteiger partial charge in [0.25, 0.3) is 0 Å². The molecule has 0 bridgehead atoms. The highest BCUT2D eigenvalue weighted by Crippen LogP contribution is 2.35. The molecule has 2 fully saturated rings. The molecule has 1 saturated heterocycles. The smallest absolute Gasteiger partial charge is 0.318 e. The third-order valence-corrected chi connectivity index (χ3v) is 8.27. The lowest BCUT2D eigenvalue weighted by Crippen LogP contribution is -2.56. The highest BCUT2D eigenvalue weighted by molar-refractivity contribution is 5.96. The molecule has 1 aliphatic carbocycles. The van der Waals surface area contributed by atoms with Crippen LogP contribution in [0.2, 0.25) is 0 Å². The maximum absolute atomic E-state index is 12.5. The number of aryl methyl sites for hydroxylation is 1. The summed E-state index contributed by atoms with van der Waals surface area (Å²) in [4.78, 5) is 36.8. The topological polar surface area (TPSA) is 88.3 Å². The molecular weight excluding hydrogens is 530 g/mol. The average molecular weight is 568 g/mol. The lowest BCUT2D eigenvalue weighted by atomic mass is 10.0. The number of carbonyl (C=O) groups excluding carboxylic acids is 1. The van der Waals surface area contributed by atoms with Gasteiger partial charge in [-0.3, -0.25) is 9.78 Å². The molecule has 2 aliphatic heterocycles. The Kier molecular flexibility index (Phi) is 7.94. The Bertz CT molecular complexity index is 1530. The number of pyridine rings is 1. The lowest BCUT2D eigenvalue weighted by Gasteiger charge is -2.41. The van der Waals surface area contributed by atoms with Gasteiger partial charge in [0.15, 0.2) is 0 Å². The molecule has 1 amide bonds. The third-order valence-electron chi connectivity index (χ3n) is 8.27. The number of fused-ring (bicyclic) bond motifs is 2. The lowest BCUT2D eigenvalue weighted by molar-refractivity contribution is -0.128. The van der Waals surface area contributed by atoms with Crippen molar-refractivity contribution in [3.05, 3.63) is 71.5 Å². The number of amides is 1.